The van der Waals surface area contributed by atoms with Gasteiger partial charge < -0.3 is 11.1 Å². The molecule has 0 spiro atoms. The third-order valence-electron chi connectivity index (χ3n) is 3.17. The largest absolute Gasteiger partial charge is 0.396 e. The monoisotopic (exact) mass is 322 g/mol. The van der Waals surface area contributed by atoms with E-state index in [0.717, 1.165) is 11.3 Å². The number of nitrogen functional groups attached to an aromatic ring is 1. The van der Waals surface area contributed by atoms with Gasteiger partial charge in [0.25, 0.3) is 5.91 Å². The Kier molecular flexibility index (Phi) is 4.76. The van der Waals surface area contributed by atoms with Crippen LogP contribution in [0.4, 0.5) is 11.4 Å². The standard InChI is InChI=1S/C16H16Cl2N2O/c1-9(2)11-5-3-4-6-14(11)20-16(21)10-7-12(17)15(19)13(18)8-10/h3-9H,19H2,1-2H3,(H,20,21). The zero-order valence-electron chi connectivity index (χ0n) is 11.8. The summed E-state index contributed by atoms with van der Waals surface area (Å²) in [6.45, 7) is 4.14. The summed E-state index contributed by atoms with van der Waals surface area (Å²) in [5.74, 6) is 0.0343. The molecule has 21 heavy (non-hydrogen) atoms. The summed E-state index contributed by atoms with van der Waals surface area (Å²) in [5.41, 5.74) is 8.17. The van der Waals surface area contributed by atoms with Crippen LogP contribution in [0.25, 0.3) is 0 Å². The van der Waals surface area contributed by atoms with Crippen LogP contribution in [-0.2, 0) is 0 Å². The summed E-state index contributed by atoms with van der Waals surface area (Å²) in [7, 11) is 0. The zero-order valence-corrected chi connectivity index (χ0v) is 13.3. The van der Waals surface area contributed by atoms with Gasteiger partial charge in [-0.3, -0.25) is 4.79 Å². The molecule has 0 saturated heterocycles. The number of hydrogen-bond acceptors (Lipinski definition) is 2. The number of hydrogen-bond donors (Lipinski definition) is 2. The van der Waals surface area contributed by atoms with Crippen LogP contribution in [0.1, 0.15) is 35.7 Å². The minimum absolute atomic E-state index is 0.268. The van der Waals surface area contributed by atoms with E-state index >= 15 is 0 Å². The average molecular weight is 323 g/mol. The van der Waals surface area contributed by atoms with Crippen molar-refractivity contribution in [3.8, 4) is 0 Å². The van der Waals surface area contributed by atoms with E-state index in [1.807, 2.05) is 24.3 Å². The van der Waals surface area contributed by atoms with Crippen LogP contribution in [0, 0.1) is 0 Å². The SMILES string of the molecule is CC(C)c1ccccc1NC(=O)c1cc(Cl)c(N)c(Cl)c1. The molecular weight excluding hydrogens is 307 g/mol. The minimum atomic E-state index is -0.271. The predicted molar refractivity (Wildman–Crippen MR) is 89.4 cm³/mol. The van der Waals surface area contributed by atoms with Crippen molar-refractivity contribution in [1.82, 2.24) is 0 Å². The summed E-state index contributed by atoms with van der Waals surface area (Å²) < 4.78 is 0. The van der Waals surface area contributed by atoms with Crippen molar-refractivity contribution in [3.63, 3.8) is 0 Å². The molecule has 0 heterocycles. The Morgan fingerprint density at radius 2 is 1.71 bits per heavy atom. The molecule has 0 saturated carbocycles. The van der Waals surface area contributed by atoms with Crippen molar-refractivity contribution in [2.45, 2.75) is 19.8 Å². The molecule has 2 rings (SSSR count). The first-order chi connectivity index (χ1) is 9.90. The second-order valence-corrected chi connectivity index (χ2v) is 5.86. The molecule has 0 aliphatic rings. The van der Waals surface area contributed by atoms with Crippen molar-refractivity contribution in [3.05, 3.63) is 57.6 Å². The Morgan fingerprint density at radius 3 is 2.29 bits per heavy atom. The third kappa shape index (κ3) is 3.49. The Balaban J connectivity index is 2.31. The summed E-state index contributed by atoms with van der Waals surface area (Å²) in [4.78, 5) is 12.3. The van der Waals surface area contributed by atoms with Gasteiger partial charge in [0.05, 0.1) is 15.7 Å². The summed E-state index contributed by atoms with van der Waals surface area (Å²) in [6, 6.07) is 10.7. The molecule has 110 valence electrons. The van der Waals surface area contributed by atoms with Crippen LogP contribution in [0.3, 0.4) is 0 Å². The molecular formula is C16H16Cl2N2O. The summed E-state index contributed by atoms with van der Waals surface area (Å²) >= 11 is 11.9. The molecule has 0 fully saturated rings. The van der Waals surface area contributed by atoms with E-state index in [-0.39, 0.29) is 21.6 Å². The normalized spacial score (nSPS) is 10.7. The molecule has 0 radical (unpaired) electrons. The van der Waals surface area contributed by atoms with E-state index in [1.54, 1.807) is 0 Å². The van der Waals surface area contributed by atoms with Crippen LogP contribution in [0.15, 0.2) is 36.4 Å². The first-order valence-corrected chi connectivity index (χ1v) is 7.30. The molecule has 0 bridgehead atoms. The molecule has 0 aliphatic carbocycles. The van der Waals surface area contributed by atoms with Gasteiger partial charge in [0, 0.05) is 11.3 Å². The lowest BCUT2D eigenvalue weighted by Gasteiger charge is -2.14. The Hall–Kier alpha value is -1.71. The quantitative estimate of drug-likeness (QED) is 0.785. The number of halogens is 2. The lowest BCUT2D eigenvalue weighted by molar-refractivity contribution is 0.102. The van der Waals surface area contributed by atoms with Gasteiger partial charge in [0.1, 0.15) is 0 Å². The first-order valence-electron chi connectivity index (χ1n) is 6.55. The summed E-state index contributed by atoms with van der Waals surface area (Å²) in [6.07, 6.45) is 0. The topological polar surface area (TPSA) is 55.1 Å². The van der Waals surface area contributed by atoms with Crippen LogP contribution >= 0.6 is 23.2 Å². The fraction of sp³-hybridized carbons (Fsp3) is 0.188. The number of carbonyl (C=O) groups excluding carboxylic acids is 1. The molecule has 2 aromatic carbocycles. The fourth-order valence-electron chi connectivity index (χ4n) is 2.02. The van der Waals surface area contributed by atoms with E-state index in [4.69, 9.17) is 28.9 Å². The van der Waals surface area contributed by atoms with E-state index in [9.17, 15) is 4.79 Å². The van der Waals surface area contributed by atoms with Gasteiger partial charge in [-0.2, -0.15) is 0 Å². The van der Waals surface area contributed by atoms with Gasteiger partial charge in [0.2, 0.25) is 0 Å². The molecule has 0 unspecified atom stereocenters. The number of anilines is 2. The highest BCUT2D eigenvalue weighted by Crippen LogP contribution is 2.30. The Morgan fingerprint density at radius 1 is 1.14 bits per heavy atom. The minimum Gasteiger partial charge on any atom is -0.396 e. The molecule has 1 amide bonds. The maximum absolute atomic E-state index is 12.3. The van der Waals surface area contributed by atoms with Gasteiger partial charge in [-0.1, -0.05) is 55.2 Å². The molecule has 0 aliphatic heterocycles. The van der Waals surface area contributed by atoms with Gasteiger partial charge in [-0.05, 0) is 29.7 Å². The maximum atomic E-state index is 12.3. The van der Waals surface area contributed by atoms with Crippen LogP contribution in [0.2, 0.25) is 10.0 Å². The van der Waals surface area contributed by atoms with Crippen molar-refractivity contribution in [1.29, 1.82) is 0 Å². The Bertz CT molecular complexity index is 661. The Labute approximate surface area is 134 Å². The fourth-order valence-corrected chi connectivity index (χ4v) is 2.51. The van der Waals surface area contributed by atoms with Crippen molar-refractivity contribution >= 4 is 40.5 Å². The lowest BCUT2D eigenvalue weighted by Crippen LogP contribution is -2.14. The van der Waals surface area contributed by atoms with E-state index in [1.165, 1.54) is 12.1 Å². The molecule has 3 nitrogen and oxygen atoms in total. The van der Waals surface area contributed by atoms with Gasteiger partial charge in [-0.15, -0.1) is 0 Å². The number of benzene rings is 2. The van der Waals surface area contributed by atoms with Crippen LogP contribution < -0.4 is 11.1 Å². The van der Waals surface area contributed by atoms with E-state index < -0.39 is 0 Å². The average Bonchev–Trinajstić information content (AvgIpc) is 2.44. The maximum Gasteiger partial charge on any atom is 0.255 e. The highest BCUT2D eigenvalue weighted by Gasteiger charge is 2.13. The van der Waals surface area contributed by atoms with E-state index in [2.05, 4.69) is 19.2 Å². The van der Waals surface area contributed by atoms with Gasteiger partial charge >= 0.3 is 0 Å². The number of rotatable bonds is 3. The molecule has 0 aromatic heterocycles. The second kappa shape index (κ2) is 6.37. The van der Waals surface area contributed by atoms with Gasteiger partial charge in [-0.25, -0.2) is 0 Å². The smallest absolute Gasteiger partial charge is 0.255 e. The van der Waals surface area contributed by atoms with Crippen molar-refractivity contribution in [2.75, 3.05) is 11.1 Å². The van der Waals surface area contributed by atoms with E-state index in [0.29, 0.717) is 11.5 Å². The van der Waals surface area contributed by atoms with Crippen LogP contribution in [0.5, 0.6) is 0 Å². The number of para-hydroxylation sites is 1. The first kappa shape index (κ1) is 15.7. The van der Waals surface area contributed by atoms with Crippen molar-refractivity contribution in [2.24, 2.45) is 0 Å². The highest BCUT2D eigenvalue weighted by atomic mass is 35.5. The number of carbonyl (C=O) groups is 1. The molecule has 5 heteroatoms. The molecule has 3 N–H and O–H groups in total. The number of nitrogens with two attached hydrogens (primary N) is 1. The number of amides is 1. The van der Waals surface area contributed by atoms with Crippen molar-refractivity contribution < 1.29 is 4.79 Å². The van der Waals surface area contributed by atoms with Crippen LogP contribution in [-0.4, -0.2) is 5.91 Å². The van der Waals surface area contributed by atoms with Gasteiger partial charge in [0.15, 0.2) is 0 Å². The highest BCUT2D eigenvalue weighted by molar-refractivity contribution is 6.39. The second-order valence-electron chi connectivity index (χ2n) is 5.05. The third-order valence-corrected chi connectivity index (χ3v) is 3.80. The predicted octanol–water partition coefficient (Wildman–Crippen LogP) is 4.95. The zero-order chi connectivity index (χ0) is 15.6. The molecule has 2 aromatic rings. The summed E-state index contributed by atoms with van der Waals surface area (Å²) in [5, 5.41) is 3.42. The lowest BCUT2D eigenvalue weighted by atomic mass is 10.0. The number of nitrogens with one attached hydrogen (secondary N) is 1. The molecule has 0 atom stereocenters.